The van der Waals surface area contributed by atoms with Crippen LogP contribution in [-0.2, 0) is 19.4 Å². The van der Waals surface area contributed by atoms with Gasteiger partial charge in [0.25, 0.3) is 0 Å². The molecule has 0 radical (unpaired) electrons. The van der Waals surface area contributed by atoms with Gasteiger partial charge in [0.15, 0.2) is 0 Å². The van der Waals surface area contributed by atoms with E-state index in [0.29, 0.717) is 25.7 Å². The highest BCUT2D eigenvalue weighted by atomic mass is 32.2. The summed E-state index contributed by atoms with van der Waals surface area (Å²) in [7, 11) is -3.00. The molecule has 7 heteroatoms. The van der Waals surface area contributed by atoms with Crippen LogP contribution in [0, 0.1) is 5.92 Å². The van der Waals surface area contributed by atoms with E-state index in [1.54, 1.807) is 0 Å². The topological polar surface area (TPSA) is 101 Å². The summed E-state index contributed by atoms with van der Waals surface area (Å²) in [6.45, 7) is 3.69. The zero-order chi connectivity index (χ0) is 15.4. The van der Waals surface area contributed by atoms with E-state index in [2.05, 4.69) is 5.32 Å². The molecule has 0 unspecified atom stereocenters. The van der Waals surface area contributed by atoms with Crippen molar-refractivity contribution in [2.24, 2.45) is 5.92 Å². The number of hydrogen-bond acceptors (Lipinski definition) is 4. The van der Waals surface area contributed by atoms with E-state index in [-0.39, 0.29) is 29.8 Å². The molecule has 0 atom stereocenters. The summed E-state index contributed by atoms with van der Waals surface area (Å²) >= 11 is 0. The van der Waals surface area contributed by atoms with Crippen molar-refractivity contribution in [3.05, 3.63) is 0 Å². The first kappa shape index (κ1) is 16.9. The number of aliphatic carboxylic acids is 1. The molecule has 1 aliphatic rings. The highest BCUT2D eigenvalue weighted by Gasteiger charge is 2.35. The summed E-state index contributed by atoms with van der Waals surface area (Å²) in [6.07, 6.45) is 1.60. The van der Waals surface area contributed by atoms with Crippen LogP contribution in [0.5, 0.6) is 0 Å². The van der Waals surface area contributed by atoms with E-state index in [0.717, 1.165) is 0 Å². The zero-order valence-corrected chi connectivity index (χ0v) is 12.8. The number of carbonyl (C=O) groups excluding carboxylic acids is 1. The van der Waals surface area contributed by atoms with E-state index < -0.39 is 21.3 Å². The van der Waals surface area contributed by atoms with Gasteiger partial charge in [-0.15, -0.1) is 0 Å². The molecule has 1 fully saturated rings. The molecule has 0 aliphatic carbocycles. The smallest absolute Gasteiger partial charge is 0.305 e. The number of carbonyl (C=O) groups is 2. The average Bonchev–Trinajstić information content (AvgIpc) is 2.37. The SMILES string of the molecule is CCC(CC)(CC(=O)O)NC(=O)C1CCS(=O)(=O)CC1. The highest BCUT2D eigenvalue weighted by Crippen LogP contribution is 2.24. The van der Waals surface area contributed by atoms with Gasteiger partial charge in [-0.2, -0.15) is 0 Å². The lowest BCUT2D eigenvalue weighted by molar-refractivity contribution is -0.139. The second-order valence-electron chi connectivity index (χ2n) is 5.47. The molecule has 2 N–H and O–H groups in total. The Morgan fingerprint density at radius 3 is 2.10 bits per heavy atom. The molecule has 116 valence electrons. The third-order valence-corrected chi connectivity index (χ3v) is 5.87. The molecular weight excluding hydrogens is 282 g/mol. The Balaban J connectivity index is 2.69. The van der Waals surface area contributed by atoms with Gasteiger partial charge in [-0.25, -0.2) is 8.42 Å². The standard InChI is InChI=1S/C13H23NO5S/c1-3-13(4-2,9-11(15)16)14-12(17)10-5-7-20(18,19)8-6-10/h10H,3-9H2,1-2H3,(H,14,17)(H,15,16). The summed E-state index contributed by atoms with van der Waals surface area (Å²) in [5.41, 5.74) is -0.737. The Morgan fingerprint density at radius 1 is 1.20 bits per heavy atom. The van der Waals surface area contributed by atoms with Gasteiger partial charge in [0.1, 0.15) is 9.84 Å². The number of rotatable bonds is 6. The van der Waals surface area contributed by atoms with Gasteiger partial charge in [-0.05, 0) is 25.7 Å². The fraction of sp³-hybridized carbons (Fsp3) is 0.846. The molecule has 20 heavy (non-hydrogen) atoms. The largest absolute Gasteiger partial charge is 0.481 e. The minimum atomic E-state index is -3.00. The van der Waals surface area contributed by atoms with Crippen LogP contribution in [0.3, 0.4) is 0 Å². The van der Waals surface area contributed by atoms with E-state index in [9.17, 15) is 18.0 Å². The molecule has 6 nitrogen and oxygen atoms in total. The third kappa shape index (κ3) is 4.47. The van der Waals surface area contributed by atoms with Crippen molar-refractivity contribution >= 4 is 21.7 Å². The number of carboxylic acids is 1. The first-order valence-corrected chi connectivity index (χ1v) is 8.80. The summed E-state index contributed by atoms with van der Waals surface area (Å²) in [6, 6.07) is 0. The Hall–Kier alpha value is -1.11. The molecule has 0 aromatic carbocycles. The van der Waals surface area contributed by atoms with Gasteiger partial charge in [-0.3, -0.25) is 9.59 Å². The average molecular weight is 305 g/mol. The number of amides is 1. The molecular formula is C13H23NO5S. The van der Waals surface area contributed by atoms with Crippen LogP contribution in [0.2, 0.25) is 0 Å². The maximum Gasteiger partial charge on any atom is 0.305 e. The van der Waals surface area contributed by atoms with Gasteiger partial charge in [0.05, 0.1) is 17.9 Å². The molecule has 1 heterocycles. The minimum Gasteiger partial charge on any atom is -0.481 e. The number of nitrogens with one attached hydrogen (secondary N) is 1. The monoisotopic (exact) mass is 305 g/mol. The van der Waals surface area contributed by atoms with Crippen molar-refractivity contribution in [2.75, 3.05) is 11.5 Å². The number of carboxylic acid groups (broad SMARTS) is 1. The molecule has 1 aliphatic heterocycles. The van der Waals surface area contributed by atoms with Crippen molar-refractivity contribution in [1.29, 1.82) is 0 Å². The lowest BCUT2D eigenvalue weighted by atomic mass is 9.87. The Labute approximate surface area is 119 Å². The number of hydrogen-bond donors (Lipinski definition) is 2. The molecule has 0 aromatic heterocycles. The minimum absolute atomic E-state index is 0.0370. The van der Waals surface area contributed by atoms with Gasteiger partial charge >= 0.3 is 5.97 Å². The molecule has 0 aromatic rings. The molecule has 0 bridgehead atoms. The quantitative estimate of drug-likeness (QED) is 0.761. The van der Waals surface area contributed by atoms with Gasteiger partial charge in [0, 0.05) is 11.5 Å². The van der Waals surface area contributed by atoms with Crippen molar-refractivity contribution in [3.63, 3.8) is 0 Å². The van der Waals surface area contributed by atoms with Crippen molar-refractivity contribution in [3.8, 4) is 0 Å². The van der Waals surface area contributed by atoms with Crippen LogP contribution >= 0.6 is 0 Å². The van der Waals surface area contributed by atoms with Crippen molar-refractivity contribution in [1.82, 2.24) is 5.32 Å². The Bertz CT molecular complexity index is 453. The van der Waals surface area contributed by atoms with Crippen LogP contribution in [0.1, 0.15) is 46.0 Å². The predicted octanol–water partition coefficient (Wildman–Crippen LogP) is 0.961. The van der Waals surface area contributed by atoms with Gasteiger partial charge < -0.3 is 10.4 Å². The fourth-order valence-corrected chi connectivity index (χ4v) is 4.02. The summed E-state index contributed by atoms with van der Waals surface area (Å²) < 4.78 is 22.7. The second-order valence-corrected chi connectivity index (χ2v) is 7.78. The highest BCUT2D eigenvalue weighted by molar-refractivity contribution is 7.91. The molecule has 0 saturated carbocycles. The molecule has 0 spiro atoms. The van der Waals surface area contributed by atoms with Crippen LogP contribution in [0.25, 0.3) is 0 Å². The second kappa shape index (κ2) is 6.56. The first-order chi connectivity index (χ1) is 9.23. The van der Waals surface area contributed by atoms with Crippen molar-refractivity contribution < 1.29 is 23.1 Å². The number of sulfone groups is 1. The first-order valence-electron chi connectivity index (χ1n) is 6.98. The summed E-state index contributed by atoms with van der Waals surface area (Å²) in [5, 5.41) is 11.8. The summed E-state index contributed by atoms with van der Waals surface area (Å²) in [4.78, 5) is 23.2. The molecule has 1 rings (SSSR count). The Morgan fingerprint density at radius 2 is 1.70 bits per heavy atom. The van der Waals surface area contributed by atoms with Crippen LogP contribution < -0.4 is 5.32 Å². The van der Waals surface area contributed by atoms with E-state index in [4.69, 9.17) is 5.11 Å². The van der Waals surface area contributed by atoms with E-state index in [1.807, 2.05) is 13.8 Å². The molecule has 1 amide bonds. The fourth-order valence-electron chi connectivity index (χ4n) is 2.53. The third-order valence-electron chi connectivity index (χ3n) is 4.16. The van der Waals surface area contributed by atoms with Gasteiger partial charge in [0.2, 0.25) is 5.91 Å². The Kier molecular flexibility index (Phi) is 5.56. The molecule has 1 saturated heterocycles. The van der Waals surface area contributed by atoms with Crippen LogP contribution in [0.4, 0.5) is 0 Å². The van der Waals surface area contributed by atoms with Crippen LogP contribution in [-0.4, -0.2) is 42.4 Å². The van der Waals surface area contributed by atoms with E-state index in [1.165, 1.54) is 0 Å². The van der Waals surface area contributed by atoms with E-state index >= 15 is 0 Å². The lowest BCUT2D eigenvalue weighted by Gasteiger charge is -2.34. The maximum absolute atomic E-state index is 12.2. The van der Waals surface area contributed by atoms with Crippen molar-refractivity contribution in [2.45, 2.75) is 51.5 Å². The summed E-state index contributed by atoms with van der Waals surface area (Å²) in [5.74, 6) is -1.42. The lowest BCUT2D eigenvalue weighted by Crippen LogP contribution is -2.51. The predicted molar refractivity (Wildman–Crippen MR) is 75.1 cm³/mol. The zero-order valence-electron chi connectivity index (χ0n) is 12.0. The maximum atomic E-state index is 12.2. The van der Waals surface area contributed by atoms with Gasteiger partial charge in [-0.1, -0.05) is 13.8 Å². The normalized spacial score (nSPS) is 19.5. The van der Waals surface area contributed by atoms with Crippen LogP contribution in [0.15, 0.2) is 0 Å².